The van der Waals surface area contributed by atoms with Gasteiger partial charge in [0.25, 0.3) is 0 Å². The van der Waals surface area contributed by atoms with Gasteiger partial charge in [-0.1, -0.05) is 85.9 Å². The molecule has 0 bridgehead atoms. The summed E-state index contributed by atoms with van der Waals surface area (Å²) in [6.45, 7) is 4.96. The van der Waals surface area contributed by atoms with E-state index in [0.29, 0.717) is 25.9 Å². The number of pyridine rings is 1. The van der Waals surface area contributed by atoms with Crippen molar-refractivity contribution < 1.29 is 9.59 Å². The van der Waals surface area contributed by atoms with Crippen LogP contribution in [0.1, 0.15) is 76.0 Å². The Bertz CT molecular complexity index is 922. The minimum atomic E-state index is -0.0658. The molecule has 0 unspecified atom stereocenters. The molecule has 0 saturated heterocycles. The highest BCUT2D eigenvalue weighted by Gasteiger charge is 2.01. The second kappa shape index (κ2) is 23.0. The fraction of sp³-hybridized carbons (Fsp3) is 0.406. The standard InChI is InChI=1S/C32H45N3O2/c1-3-4-5-6-7-8-9-10-11-12-13-14-15-16-17-18-19-22-31(36)33-26-27-34-32(37)23-20-21-30-25-24-29(2)35-28-30/h4-5,7-8,10-11,13-14,16-17,20-21,24-25,28H,3,6,9,12,15,18-19,22-23,26-27H2,1-2H3,(H,33,36)(H,34,37)/b5-4?,8-7?,11-10?,14-13?,17-16?,21-20+. The molecular weight excluding hydrogens is 458 g/mol. The minimum Gasteiger partial charge on any atom is -0.354 e. The predicted molar refractivity (Wildman–Crippen MR) is 157 cm³/mol. The van der Waals surface area contributed by atoms with Gasteiger partial charge < -0.3 is 10.6 Å². The summed E-state index contributed by atoms with van der Waals surface area (Å²) in [6, 6.07) is 3.90. The summed E-state index contributed by atoms with van der Waals surface area (Å²) in [5.41, 5.74) is 1.93. The molecule has 2 amide bonds. The molecule has 2 N–H and O–H groups in total. The van der Waals surface area contributed by atoms with Crippen LogP contribution in [0.4, 0.5) is 0 Å². The van der Waals surface area contributed by atoms with E-state index in [4.69, 9.17) is 0 Å². The normalized spacial score (nSPS) is 12.3. The van der Waals surface area contributed by atoms with Crippen molar-refractivity contribution in [1.29, 1.82) is 0 Å². The number of rotatable bonds is 19. The first-order chi connectivity index (χ1) is 18.1. The lowest BCUT2D eigenvalue weighted by atomic mass is 10.2. The summed E-state index contributed by atoms with van der Waals surface area (Å²) in [7, 11) is 0. The Morgan fingerprint density at radius 1 is 0.757 bits per heavy atom. The number of amides is 2. The van der Waals surface area contributed by atoms with Gasteiger partial charge >= 0.3 is 0 Å². The number of carbonyl (C=O) groups is 2. The van der Waals surface area contributed by atoms with Crippen molar-refractivity contribution >= 4 is 17.9 Å². The van der Waals surface area contributed by atoms with Gasteiger partial charge in [0.05, 0.1) is 0 Å². The maximum atomic E-state index is 11.9. The number of hydrogen-bond donors (Lipinski definition) is 2. The van der Waals surface area contributed by atoms with Crippen LogP contribution in [0.2, 0.25) is 0 Å². The number of nitrogens with one attached hydrogen (secondary N) is 2. The third-order valence-corrected chi connectivity index (χ3v) is 5.25. The Balaban J connectivity index is 1.96. The van der Waals surface area contributed by atoms with E-state index < -0.39 is 0 Å². The molecule has 5 heteroatoms. The van der Waals surface area contributed by atoms with Gasteiger partial charge in [0, 0.05) is 37.8 Å². The largest absolute Gasteiger partial charge is 0.354 e. The summed E-state index contributed by atoms with van der Waals surface area (Å²) in [6.07, 6.45) is 34.8. The molecule has 0 fully saturated rings. The molecule has 0 spiro atoms. The van der Waals surface area contributed by atoms with Crippen molar-refractivity contribution in [2.24, 2.45) is 0 Å². The monoisotopic (exact) mass is 503 g/mol. The first-order valence-electron chi connectivity index (χ1n) is 13.5. The maximum Gasteiger partial charge on any atom is 0.223 e. The van der Waals surface area contributed by atoms with Gasteiger partial charge in [-0.15, -0.1) is 0 Å². The van der Waals surface area contributed by atoms with Crippen LogP contribution in [0.15, 0.2) is 85.2 Å². The third kappa shape index (κ3) is 20.4. The second-order valence-electron chi connectivity index (χ2n) is 8.64. The van der Waals surface area contributed by atoms with E-state index in [2.05, 4.69) is 83.3 Å². The van der Waals surface area contributed by atoms with Gasteiger partial charge in [-0.05, 0) is 63.5 Å². The topological polar surface area (TPSA) is 71.1 Å². The molecule has 0 aliphatic rings. The Hall–Kier alpha value is -3.47. The first kappa shape index (κ1) is 31.6. The summed E-state index contributed by atoms with van der Waals surface area (Å²) < 4.78 is 0. The van der Waals surface area contributed by atoms with Crippen molar-refractivity contribution in [3.63, 3.8) is 0 Å². The molecule has 1 heterocycles. The quantitative estimate of drug-likeness (QED) is 0.159. The van der Waals surface area contributed by atoms with Crippen LogP contribution in [0.25, 0.3) is 6.08 Å². The van der Waals surface area contributed by atoms with E-state index in [9.17, 15) is 9.59 Å². The Labute approximate surface area is 224 Å². The zero-order valence-corrected chi connectivity index (χ0v) is 22.7. The highest BCUT2D eigenvalue weighted by Crippen LogP contribution is 2.02. The number of hydrogen-bond acceptors (Lipinski definition) is 3. The molecule has 0 aliphatic carbocycles. The molecule has 0 atom stereocenters. The number of carbonyl (C=O) groups excluding carboxylic acids is 2. The molecule has 0 aliphatic heterocycles. The second-order valence-corrected chi connectivity index (χ2v) is 8.64. The SMILES string of the molecule is CCC=CCC=CCC=CCC=CCC=CCCCC(=O)NCCNC(=O)C/C=C/c1ccc(C)nc1. The lowest BCUT2D eigenvalue weighted by Gasteiger charge is -2.06. The number of allylic oxidation sites excluding steroid dienone is 10. The molecule has 5 nitrogen and oxygen atoms in total. The molecule has 37 heavy (non-hydrogen) atoms. The van der Waals surface area contributed by atoms with Crippen LogP contribution in [-0.2, 0) is 9.59 Å². The summed E-state index contributed by atoms with van der Waals surface area (Å²) >= 11 is 0. The number of nitrogens with zero attached hydrogens (tertiary/aromatic N) is 1. The lowest BCUT2D eigenvalue weighted by molar-refractivity contribution is -0.122. The number of aromatic nitrogens is 1. The summed E-state index contributed by atoms with van der Waals surface area (Å²) in [4.78, 5) is 28.0. The fourth-order valence-electron chi connectivity index (χ4n) is 3.19. The maximum absolute atomic E-state index is 11.9. The average molecular weight is 504 g/mol. The van der Waals surface area contributed by atoms with E-state index in [1.807, 2.05) is 31.2 Å². The third-order valence-electron chi connectivity index (χ3n) is 5.25. The van der Waals surface area contributed by atoms with Crippen molar-refractivity contribution in [2.75, 3.05) is 13.1 Å². The molecule has 1 aromatic rings. The Morgan fingerprint density at radius 2 is 1.32 bits per heavy atom. The highest BCUT2D eigenvalue weighted by molar-refractivity contribution is 5.78. The van der Waals surface area contributed by atoms with Crippen molar-refractivity contribution in [1.82, 2.24) is 15.6 Å². The zero-order valence-electron chi connectivity index (χ0n) is 22.7. The van der Waals surface area contributed by atoms with Gasteiger partial charge in [-0.2, -0.15) is 0 Å². The minimum absolute atomic E-state index is 0.0216. The van der Waals surface area contributed by atoms with Crippen molar-refractivity contribution in [2.45, 2.75) is 71.6 Å². The van der Waals surface area contributed by atoms with Gasteiger partial charge in [0.15, 0.2) is 0 Å². The van der Waals surface area contributed by atoms with Crippen molar-refractivity contribution in [3.05, 3.63) is 96.4 Å². The lowest BCUT2D eigenvalue weighted by Crippen LogP contribution is -2.34. The van der Waals surface area contributed by atoms with E-state index >= 15 is 0 Å². The summed E-state index contributed by atoms with van der Waals surface area (Å²) in [5.74, 6) is -0.0441. The van der Waals surface area contributed by atoms with Crippen LogP contribution in [0.5, 0.6) is 0 Å². The Kier molecular flexibility index (Phi) is 19.6. The average Bonchev–Trinajstić information content (AvgIpc) is 2.89. The van der Waals surface area contributed by atoms with Crippen LogP contribution in [0, 0.1) is 6.92 Å². The zero-order chi connectivity index (χ0) is 26.8. The van der Waals surface area contributed by atoms with Crippen LogP contribution in [0.3, 0.4) is 0 Å². The number of unbranched alkanes of at least 4 members (excludes halogenated alkanes) is 1. The predicted octanol–water partition coefficient (Wildman–Crippen LogP) is 6.95. The molecular formula is C32H45N3O2. The summed E-state index contributed by atoms with van der Waals surface area (Å²) in [5, 5.41) is 5.66. The molecule has 1 rings (SSSR count). The molecule has 200 valence electrons. The van der Waals surface area contributed by atoms with Crippen LogP contribution in [-0.4, -0.2) is 29.9 Å². The van der Waals surface area contributed by atoms with Gasteiger partial charge in [-0.3, -0.25) is 14.6 Å². The van der Waals surface area contributed by atoms with E-state index in [0.717, 1.165) is 56.2 Å². The fourth-order valence-corrected chi connectivity index (χ4v) is 3.19. The molecule has 0 saturated carbocycles. The van der Waals surface area contributed by atoms with Gasteiger partial charge in [0.2, 0.25) is 11.8 Å². The van der Waals surface area contributed by atoms with Crippen LogP contribution < -0.4 is 10.6 Å². The molecule has 0 aromatic carbocycles. The smallest absolute Gasteiger partial charge is 0.223 e. The Morgan fingerprint density at radius 3 is 1.89 bits per heavy atom. The molecule has 1 aromatic heterocycles. The van der Waals surface area contributed by atoms with E-state index in [1.165, 1.54) is 0 Å². The van der Waals surface area contributed by atoms with E-state index in [1.54, 1.807) is 6.20 Å². The van der Waals surface area contributed by atoms with Gasteiger partial charge in [0.1, 0.15) is 0 Å². The number of aryl methyl sites for hydroxylation is 1. The van der Waals surface area contributed by atoms with Crippen LogP contribution >= 0.6 is 0 Å². The van der Waals surface area contributed by atoms with Gasteiger partial charge in [-0.25, -0.2) is 0 Å². The molecule has 0 radical (unpaired) electrons. The van der Waals surface area contributed by atoms with Crippen molar-refractivity contribution in [3.8, 4) is 0 Å². The van der Waals surface area contributed by atoms with E-state index in [-0.39, 0.29) is 11.8 Å². The highest BCUT2D eigenvalue weighted by atomic mass is 16.2. The first-order valence-corrected chi connectivity index (χ1v) is 13.5.